The summed E-state index contributed by atoms with van der Waals surface area (Å²) in [7, 11) is 0. The highest BCUT2D eigenvalue weighted by atomic mass is 16.6. The smallest absolute Gasteiger partial charge is 0.410 e. The molecule has 6 heteroatoms. The molecule has 0 unspecified atom stereocenters. The minimum atomic E-state index is -0.446. The van der Waals surface area contributed by atoms with Crippen LogP contribution in [0.25, 0.3) is 0 Å². The molecule has 1 aromatic heterocycles. The van der Waals surface area contributed by atoms with Crippen LogP contribution in [0, 0.1) is 17.8 Å². The molecule has 22 heavy (non-hydrogen) atoms. The Morgan fingerprint density at radius 3 is 2.36 bits per heavy atom. The van der Waals surface area contributed by atoms with E-state index in [9.17, 15) is 4.79 Å². The van der Waals surface area contributed by atoms with Gasteiger partial charge in [0.1, 0.15) is 5.60 Å². The zero-order chi connectivity index (χ0) is 16.0. The molecule has 2 aliphatic rings. The van der Waals surface area contributed by atoms with E-state index in [4.69, 9.17) is 11.2 Å². The Balaban J connectivity index is 1.50. The monoisotopic (exact) mass is 300 g/mol. The summed E-state index contributed by atoms with van der Waals surface area (Å²) in [4.78, 5) is 24.3. The highest BCUT2D eigenvalue weighted by molar-refractivity contribution is 5.70. The number of likely N-dealkylation sites (tertiary alicyclic amines) is 1. The predicted molar refractivity (Wildman–Crippen MR) is 82.4 cm³/mol. The second kappa shape index (κ2) is 4.87. The van der Waals surface area contributed by atoms with Gasteiger partial charge in [0.25, 0.3) is 0 Å². The summed E-state index contributed by atoms with van der Waals surface area (Å²) in [5.41, 5.74) is 0.405. The van der Waals surface area contributed by atoms with Crippen molar-refractivity contribution in [2.45, 2.75) is 26.4 Å². The molecule has 3 heterocycles. The van der Waals surface area contributed by atoms with E-state index in [2.05, 4.69) is 20.8 Å². The van der Waals surface area contributed by atoms with Crippen LogP contribution in [0.3, 0.4) is 0 Å². The van der Waals surface area contributed by atoms with Gasteiger partial charge in [0.05, 0.1) is 5.56 Å². The van der Waals surface area contributed by atoms with Crippen molar-refractivity contribution in [3.8, 4) is 12.3 Å². The summed E-state index contributed by atoms with van der Waals surface area (Å²) in [6, 6.07) is 0. The standard InChI is InChI=1S/C16H20N4O2/c1-5-12-6-17-13(18-7-12)19-8-16(9-19)10-20(11-16)14(21)22-15(2,3)4/h1,6-7H,8-11H2,2-4H3. The number of ether oxygens (including phenoxy) is 1. The molecule has 116 valence electrons. The molecule has 1 spiro atoms. The van der Waals surface area contributed by atoms with Gasteiger partial charge in [0.15, 0.2) is 0 Å². The first-order valence-electron chi connectivity index (χ1n) is 7.32. The molecule has 0 radical (unpaired) electrons. The molecule has 1 aromatic rings. The molecule has 2 saturated heterocycles. The highest BCUT2D eigenvalue weighted by Crippen LogP contribution is 2.41. The van der Waals surface area contributed by atoms with Crippen molar-refractivity contribution in [1.29, 1.82) is 0 Å². The Kier molecular flexibility index (Phi) is 3.24. The van der Waals surface area contributed by atoms with Crippen molar-refractivity contribution >= 4 is 12.0 Å². The Bertz CT molecular complexity index is 613. The third-order valence-electron chi connectivity index (χ3n) is 3.84. The maximum atomic E-state index is 11.9. The van der Waals surface area contributed by atoms with E-state index in [1.807, 2.05) is 20.8 Å². The van der Waals surface area contributed by atoms with Crippen LogP contribution in [0.15, 0.2) is 12.4 Å². The molecule has 0 aliphatic carbocycles. The lowest BCUT2D eigenvalue weighted by Crippen LogP contribution is -2.73. The topological polar surface area (TPSA) is 58.6 Å². The van der Waals surface area contributed by atoms with Gasteiger partial charge in [0, 0.05) is 44.0 Å². The minimum absolute atomic E-state index is 0.172. The molecule has 3 rings (SSSR count). The van der Waals surface area contributed by atoms with Crippen LogP contribution in [-0.4, -0.2) is 52.7 Å². The van der Waals surface area contributed by atoms with Crippen molar-refractivity contribution in [3.63, 3.8) is 0 Å². The van der Waals surface area contributed by atoms with Gasteiger partial charge in [-0.3, -0.25) is 0 Å². The number of carbonyl (C=O) groups excluding carboxylic acids is 1. The van der Waals surface area contributed by atoms with Gasteiger partial charge in [0.2, 0.25) is 5.95 Å². The van der Waals surface area contributed by atoms with Crippen molar-refractivity contribution in [1.82, 2.24) is 14.9 Å². The van der Waals surface area contributed by atoms with E-state index >= 15 is 0 Å². The molecule has 0 N–H and O–H groups in total. The zero-order valence-electron chi connectivity index (χ0n) is 13.2. The predicted octanol–water partition coefficient (Wildman–Crippen LogP) is 1.52. The summed E-state index contributed by atoms with van der Waals surface area (Å²) in [5.74, 6) is 3.20. The first-order chi connectivity index (χ1) is 10.3. The molecular formula is C16H20N4O2. The van der Waals surface area contributed by atoms with E-state index in [0.29, 0.717) is 11.5 Å². The average Bonchev–Trinajstić information content (AvgIpc) is 2.34. The van der Waals surface area contributed by atoms with Crippen molar-refractivity contribution in [2.24, 2.45) is 5.41 Å². The molecule has 0 bridgehead atoms. The fourth-order valence-corrected chi connectivity index (χ4v) is 2.88. The molecule has 2 fully saturated rings. The SMILES string of the molecule is C#Cc1cnc(N2CC3(CN(C(=O)OC(C)(C)C)C3)C2)nc1. The van der Waals surface area contributed by atoms with Crippen LogP contribution in [0.4, 0.5) is 10.7 Å². The van der Waals surface area contributed by atoms with E-state index in [-0.39, 0.29) is 11.5 Å². The van der Waals surface area contributed by atoms with Crippen LogP contribution >= 0.6 is 0 Å². The summed E-state index contributed by atoms with van der Waals surface area (Å²) in [6.45, 7) is 8.83. The fraction of sp³-hybridized carbons (Fsp3) is 0.562. The Labute approximate surface area is 130 Å². The lowest BCUT2D eigenvalue weighted by molar-refractivity contribution is -0.0456. The van der Waals surface area contributed by atoms with Crippen LogP contribution in [0.2, 0.25) is 0 Å². The molecule has 0 aromatic carbocycles. The van der Waals surface area contributed by atoms with Gasteiger partial charge in [-0.05, 0) is 20.8 Å². The molecule has 6 nitrogen and oxygen atoms in total. The van der Waals surface area contributed by atoms with Gasteiger partial charge in [-0.15, -0.1) is 6.42 Å². The second-order valence-electron chi connectivity index (χ2n) is 7.11. The molecule has 1 amide bonds. The van der Waals surface area contributed by atoms with E-state index in [1.54, 1.807) is 17.3 Å². The normalized spacial score (nSPS) is 19.2. The molecule has 0 atom stereocenters. The number of rotatable bonds is 1. The van der Waals surface area contributed by atoms with Crippen LogP contribution < -0.4 is 4.90 Å². The Hall–Kier alpha value is -2.29. The van der Waals surface area contributed by atoms with Gasteiger partial charge in [-0.25, -0.2) is 14.8 Å². The highest BCUT2D eigenvalue weighted by Gasteiger charge is 2.54. The summed E-state index contributed by atoms with van der Waals surface area (Å²) >= 11 is 0. The number of anilines is 1. The lowest BCUT2D eigenvalue weighted by Gasteiger charge is -2.59. The lowest BCUT2D eigenvalue weighted by atomic mass is 9.73. The largest absolute Gasteiger partial charge is 0.444 e. The number of terminal acetylenes is 1. The second-order valence-corrected chi connectivity index (χ2v) is 7.11. The Morgan fingerprint density at radius 1 is 1.27 bits per heavy atom. The van der Waals surface area contributed by atoms with Crippen LogP contribution in [0.1, 0.15) is 26.3 Å². The number of amides is 1. The van der Waals surface area contributed by atoms with Crippen molar-refractivity contribution in [2.75, 3.05) is 31.1 Å². The van der Waals surface area contributed by atoms with Crippen molar-refractivity contribution in [3.05, 3.63) is 18.0 Å². The minimum Gasteiger partial charge on any atom is -0.444 e. The average molecular weight is 300 g/mol. The number of hydrogen-bond acceptors (Lipinski definition) is 5. The van der Waals surface area contributed by atoms with Crippen LogP contribution in [0.5, 0.6) is 0 Å². The molecule has 0 saturated carbocycles. The quantitative estimate of drug-likeness (QED) is 0.736. The maximum Gasteiger partial charge on any atom is 0.410 e. The Morgan fingerprint density at radius 2 is 1.86 bits per heavy atom. The number of nitrogens with zero attached hydrogens (tertiary/aromatic N) is 4. The zero-order valence-corrected chi connectivity index (χ0v) is 13.2. The molecular weight excluding hydrogens is 280 g/mol. The first-order valence-corrected chi connectivity index (χ1v) is 7.32. The van der Waals surface area contributed by atoms with E-state index in [0.717, 1.165) is 26.2 Å². The maximum absolute atomic E-state index is 11.9. The van der Waals surface area contributed by atoms with Crippen LogP contribution in [-0.2, 0) is 4.74 Å². The summed E-state index contributed by atoms with van der Waals surface area (Å²) < 4.78 is 5.37. The van der Waals surface area contributed by atoms with Gasteiger partial charge < -0.3 is 14.5 Å². The number of carbonyl (C=O) groups is 1. The van der Waals surface area contributed by atoms with Gasteiger partial charge >= 0.3 is 6.09 Å². The van der Waals surface area contributed by atoms with E-state index < -0.39 is 5.60 Å². The third-order valence-corrected chi connectivity index (χ3v) is 3.84. The fourth-order valence-electron chi connectivity index (χ4n) is 2.88. The van der Waals surface area contributed by atoms with Gasteiger partial charge in [-0.1, -0.05) is 5.92 Å². The summed E-state index contributed by atoms with van der Waals surface area (Å²) in [6.07, 6.45) is 8.37. The number of hydrogen-bond donors (Lipinski definition) is 0. The third kappa shape index (κ3) is 2.71. The van der Waals surface area contributed by atoms with E-state index in [1.165, 1.54) is 0 Å². The number of aromatic nitrogens is 2. The van der Waals surface area contributed by atoms with Gasteiger partial charge in [-0.2, -0.15) is 0 Å². The van der Waals surface area contributed by atoms with Crippen molar-refractivity contribution < 1.29 is 9.53 Å². The summed E-state index contributed by atoms with van der Waals surface area (Å²) in [5, 5.41) is 0. The molecule has 2 aliphatic heterocycles. The first kappa shape index (κ1) is 14.6.